The lowest BCUT2D eigenvalue weighted by Crippen LogP contribution is -2.44. The lowest BCUT2D eigenvalue weighted by Gasteiger charge is -2.33. The minimum Gasteiger partial charge on any atom is -0.397 e. The van der Waals surface area contributed by atoms with Gasteiger partial charge in [-0.15, -0.1) is 0 Å². The van der Waals surface area contributed by atoms with Crippen LogP contribution < -0.4 is 16.0 Å². The molecule has 1 aliphatic rings. The van der Waals surface area contributed by atoms with E-state index in [1.807, 2.05) is 19.2 Å². The topological polar surface area (TPSA) is 54.2 Å². The van der Waals surface area contributed by atoms with Crippen LogP contribution in [0.25, 0.3) is 0 Å². The van der Waals surface area contributed by atoms with E-state index >= 15 is 0 Å². The van der Waals surface area contributed by atoms with Crippen molar-refractivity contribution in [3.8, 4) is 0 Å². The average molecular weight is 206 g/mol. The summed E-state index contributed by atoms with van der Waals surface area (Å²) in [5, 5.41) is 3.32. The molecule has 4 nitrogen and oxygen atoms in total. The van der Waals surface area contributed by atoms with E-state index in [4.69, 9.17) is 5.73 Å². The Labute approximate surface area is 90.5 Å². The van der Waals surface area contributed by atoms with Gasteiger partial charge in [-0.25, -0.2) is 4.98 Å². The third-order valence-electron chi connectivity index (χ3n) is 2.92. The minimum atomic E-state index is 0.582. The molecule has 2 rings (SSSR count). The van der Waals surface area contributed by atoms with Crippen LogP contribution >= 0.6 is 0 Å². The van der Waals surface area contributed by atoms with E-state index < -0.39 is 0 Å². The fourth-order valence-electron chi connectivity index (χ4n) is 2.01. The van der Waals surface area contributed by atoms with Crippen LogP contribution in [-0.2, 0) is 0 Å². The van der Waals surface area contributed by atoms with Gasteiger partial charge in [0, 0.05) is 19.1 Å². The van der Waals surface area contributed by atoms with E-state index in [9.17, 15) is 0 Å². The van der Waals surface area contributed by atoms with Crippen molar-refractivity contribution in [2.24, 2.45) is 0 Å². The van der Waals surface area contributed by atoms with Gasteiger partial charge in [-0.3, -0.25) is 0 Å². The van der Waals surface area contributed by atoms with Gasteiger partial charge >= 0.3 is 0 Å². The summed E-state index contributed by atoms with van der Waals surface area (Å²) in [5.74, 6) is 1.03. The molecule has 2 heterocycles. The normalized spacial score (nSPS) is 21.7. The molecule has 0 amide bonds. The molecular formula is C11H18N4. The van der Waals surface area contributed by atoms with Crippen molar-refractivity contribution < 1.29 is 0 Å². The fraction of sp³-hybridized carbons (Fsp3) is 0.545. The highest BCUT2D eigenvalue weighted by molar-refractivity contribution is 5.46. The van der Waals surface area contributed by atoms with Crippen molar-refractivity contribution >= 4 is 11.5 Å². The van der Waals surface area contributed by atoms with Gasteiger partial charge in [-0.1, -0.05) is 0 Å². The van der Waals surface area contributed by atoms with E-state index in [1.54, 1.807) is 6.20 Å². The molecule has 1 aromatic heterocycles. The molecule has 4 heteroatoms. The maximum absolute atomic E-state index is 5.62. The summed E-state index contributed by atoms with van der Waals surface area (Å²) >= 11 is 0. The maximum Gasteiger partial charge on any atom is 0.128 e. The van der Waals surface area contributed by atoms with Crippen LogP contribution in [0.1, 0.15) is 12.8 Å². The van der Waals surface area contributed by atoms with Crippen LogP contribution in [0.4, 0.5) is 11.5 Å². The third-order valence-corrected chi connectivity index (χ3v) is 2.92. The molecular weight excluding hydrogens is 188 g/mol. The number of nitrogens with two attached hydrogens (primary N) is 1. The first kappa shape index (κ1) is 10.2. The molecule has 0 aliphatic carbocycles. The number of nitrogens with zero attached hydrogens (tertiary/aromatic N) is 2. The predicted octanol–water partition coefficient (Wildman–Crippen LogP) is 0.852. The van der Waals surface area contributed by atoms with Crippen LogP contribution in [0.15, 0.2) is 18.3 Å². The Bertz CT molecular complexity index is 309. The number of anilines is 2. The van der Waals surface area contributed by atoms with Crippen LogP contribution in [0.3, 0.4) is 0 Å². The molecule has 15 heavy (non-hydrogen) atoms. The van der Waals surface area contributed by atoms with Gasteiger partial charge in [0.15, 0.2) is 0 Å². The van der Waals surface area contributed by atoms with Crippen molar-refractivity contribution in [1.29, 1.82) is 0 Å². The largest absolute Gasteiger partial charge is 0.397 e. The number of hydrogen-bond donors (Lipinski definition) is 2. The van der Waals surface area contributed by atoms with E-state index in [1.165, 1.54) is 12.8 Å². The first-order valence-corrected chi connectivity index (χ1v) is 5.43. The standard InChI is InChI=1S/C11H18N4/c1-13-10-3-2-6-15(8-10)11-5-4-9(12)7-14-11/h4-5,7,10,13H,2-3,6,8,12H2,1H3. The number of nitrogens with one attached hydrogen (secondary N) is 1. The van der Waals surface area contributed by atoms with Crippen LogP contribution in [0.5, 0.6) is 0 Å². The summed E-state index contributed by atoms with van der Waals surface area (Å²) in [6, 6.07) is 4.48. The molecule has 3 N–H and O–H groups in total. The van der Waals surface area contributed by atoms with E-state index in [0.29, 0.717) is 6.04 Å². The van der Waals surface area contributed by atoms with Gasteiger partial charge in [-0.2, -0.15) is 0 Å². The molecule has 1 aliphatic heterocycles. The Balaban J connectivity index is 2.06. The lowest BCUT2D eigenvalue weighted by molar-refractivity contribution is 0.447. The zero-order valence-electron chi connectivity index (χ0n) is 9.11. The number of hydrogen-bond acceptors (Lipinski definition) is 4. The van der Waals surface area contributed by atoms with Gasteiger partial charge in [-0.05, 0) is 32.0 Å². The first-order chi connectivity index (χ1) is 7.29. The van der Waals surface area contributed by atoms with Crippen molar-refractivity contribution in [2.75, 3.05) is 30.8 Å². The Kier molecular flexibility index (Phi) is 3.06. The van der Waals surface area contributed by atoms with Crippen molar-refractivity contribution in [3.05, 3.63) is 18.3 Å². The Morgan fingerprint density at radius 2 is 2.40 bits per heavy atom. The highest BCUT2D eigenvalue weighted by Gasteiger charge is 2.18. The van der Waals surface area contributed by atoms with Crippen molar-refractivity contribution in [3.63, 3.8) is 0 Å². The summed E-state index contributed by atoms with van der Waals surface area (Å²) in [7, 11) is 2.02. The second-order valence-corrected chi connectivity index (χ2v) is 4.02. The second kappa shape index (κ2) is 4.49. The predicted molar refractivity (Wildman–Crippen MR) is 62.9 cm³/mol. The van der Waals surface area contributed by atoms with Gasteiger partial charge in [0.05, 0.1) is 11.9 Å². The Morgan fingerprint density at radius 3 is 3.07 bits per heavy atom. The number of nitrogen functional groups attached to an aromatic ring is 1. The summed E-state index contributed by atoms with van der Waals surface area (Å²) in [6.07, 6.45) is 4.19. The Hall–Kier alpha value is -1.29. The number of likely N-dealkylation sites (N-methyl/N-ethyl adjacent to an activating group) is 1. The van der Waals surface area contributed by atoms with Gasteiger partial charge in [0.2, 0.25) is 0 Å². The molecule has 82 valence electrons. The molecule has 1 aromatic rings. The average Bonchev–Trinajstić information content (AvgIpc) is 2.30. The smallest absolute Gasteiger partial charge is 0.128 e. The third kappa shape index (κ3) is 2.39. The van der Waals surface area contributed by atoms with Crippen molar-refractivity contribution in [1.82, 2.24) is 10.3 Å². The SMILES string of the molecule is CNC1CCCN(c2ccc(N)cn2)C1. The minimum absolute atomic E-state index is 0.582. The molecule has 0 spiro atoms. The molecule has 1 atom stereocenters. The van der Waals surface area contributed by atoms with Crippen molar-refractivity contribution in [2.45, 2.75) is 18.9 Å². The highest BCUT2D eigenvalue weighted by atomic mass is 15.2. The number of pyridine rings is 1. The van der Waals surface area contributed by atoms with Gasteiger partial charge in [0.25, 0.3) is 0 Å². The molecule has 1 saturated heterocycles. The molecule has 1 fully saturated rings. The summed E-state index contributed by atoms with van der Waals surface area (Å²) in [4.78, 5) is 6.65. The summed E-state index contributed by atoms with van der Waals surface area (Å²) < 4.78 is 0. The first-order valence-electron chi connectivity index (χ1n) is 5.43. The monoisotopic (exact) mass is 206 g/mol. The Morgan fingerprint density at radius 1 is 1.53 bits per heavy atom. The molecule has 0 bridgehead atoms. The zero-order chi connectivity index (χ0) is 10.7. The molecule has 0 saturated carbocycles. The summed E-state index contributed by atoms with van der Waals surface area (Å²) in [6.45, 7) is 2.13. The van der Waals surface area contributed by atoms with E-state index in [-0.39, 0.29) is 0 Å². The molecule has 0 aromatic carbocycles. The van der Waals surface area contributed by atoms with Crippen LogP contribution in [0, 0.1) is 0 Å². The molecule has 1 unspecified atom stereocenters. The quantitative estimate of drug-likeness (QED) is 0.753. The van der Waals surface area contributed by atoms with Gasteiger partial charge < -0.3 is 16.0 Å². The van der Waals surface area contributed by atoms with E-state index in [2.05, 4.69) is 15.2 Å². The molecule has 0 radical (unpaired) electrons. The van der Waals surface area contributed by atoms with E-state index in [0.717, 1.165) is 24.6 Å². The lowest BCUT2D eigenvalue weighted by atomic mass is 10.1. The van der Waals surface area contributed by atoms with Gasteiger partial charge in [0.1, 0.15) is 5.82 Å². The van der Waals surface area contributed by atoms with Crippen LogP contribution in [0.2, 0.25) is 0 Å². The van der Waals surface area contributed by atoms with Crippen LogP contribution in [-0.4, -0.2) is 31.2 Å². The maximum atomic E-state index is 5.62. The summed E-state index contributed by atoms with van der Waals surface area (Å²) in [5.41, 5.74) is 6.34. The number of rotatable bonds is 2. The number of aromatic nitrogens is 1. The zero-order valence-corrected chi connectivity index (χ0v) is 9.11. The number of piperidine rings is 1. The fourth-order valence-corrected chi connectivity index (χ4v) is 2.01. The second-order valence-electron chi connectivity index (χ2n) is 4.02. The highest BCUT2D eigenvalue weighted by Crippen LogP contribution is 2.18.